The molecule has 0 fully saturated rings. The van der Waals surface area contributed by atoms with E-state index in [1.807, 2.05) is 24.3 Å². The maximum atomic E-state index is 12.7. The average Bonchev–Trinajstić information content (AvgIpc) is 2.40. The van der Waals surface area contributed by atoms with Crippen molar-refractivity contribution in [3.8, 4) is 5.75 Å². The molecule has 0 radical (unpaired) electrons. The van der Waals surface area contributed by atoms with Gasteiger partial charge in [-0.1, -0.05) is 24.3 Å². The Balaban J connectivity index is 1.88. The fourth-order valence-electron chi connectivity index (χ4n) is 1.60. The van der Waals surface area contributed by atoms with Gasteiger partial charge in [-0.2, -0.15) is 0 Å². The summed E-state index contributed by atoms with van der Waals surface area (Å²) < 4.78 is 19.2. The summed E-state index contributed by atoms with van der Waals surface area (Å²) in [5.41, 5.74) is 0.790. The van der Waals surface area contributed by atoms with E-state index in [-0.39, 0.29) is 24.6 Å². The molecule has 0 aliphatic rings. The zero-order chi connectivity index (χ0) is 13.7. The molecule has 0 amide bonds. The van der Waals surface area contributed by atoms with Crippen LogP contribution in [0.25, 0.3) is 0 Å². The van der Waals surface area contributed by atoms with Crippen LogP contribution >= 0.6 is 22.6 Å². The Labute approximate surface area is 124 Å². The van der Waals surface area contributed by atoms with Crippen molar-refractivity contribution < 1.29 is 13.9 Å². The van der Waals surface area contributed by atoms with E-state index in [9.17, 15) is 9.18 Å². The van der Waals surface area contributed by atoms with Crippen molar-refractivity contribution in [2.24, 2.45) is 0 Å². The number of rotatable bonds is 5. The second-order valence-corrected chi connectivity index (χ2v) is 5.22. The number of hydrogen-bond acceptors (Lipinski definition) is 2. The topological polar surface area (TPSA) is 26.3 Å². The van der Waals surface area contributed by atoms with Gasteiger partial charge in [0.1, 0.15) is 18.2 Å². The fraction of sp³-hybridized carbons (Fsp3) is 0.133. The van der Waals surface area contributed by atoms with E-state index in [2.05, 4.69) is 22.6 Å². The van der Waals surface area contributed by atoms with E-state index in [4.69, 9.17) is 4.74 Å². The second-order valence-electron chi connectivity index (χ2n) is 4.06. The number of Topliss-reactive ketones (excluding diaryl/α,β-unsaturated/α-hetero) is 1. The number of halogens is 2. The summed E-state index contributed by atoms with van der Waals surface area (Å²) in [7, 11) is 0. The number of hydrogen-bond donors (Lipinski definition) is 0. The lowest BCUT2D eigenvalue weighted by molar-refractivity contribution is -0.120. The summed E-state index contributed by atoms with van der Waals surface area (Å²) in [5, 5.41) is 0. The van der Waals surface area contributed by atoms with Gasteiger partial charge in [0.2, 0.25) is 0 Å². The number of ketones is 1. The first-order chi connectivity index (χ1) is 9.15. The highest BCUT2D eigenvalue weighted by Gasteiger charge is 2.06. The summed E-state index contributed by atoms with van der Waals surface area (Å²) >= 11 is 2.16. The minimum Gasteiger partial charge on any atom is -0.485 e. The van der Waals surface area contributed by atoms with Crippen molar-refractivity contribution in [1.82, 2.24) is 0 Å². The van der Waals surface area contributed by atoms with Gasteiger partial charge in [-0.25, -0.2) is 4.39 Å². The molecule has 4 heteroatoms. The first-order valence-corrected chi connectivity index (χ1v) is 6.86. The van der Waals surface area contributed by atoms with Gasteiger partial charge < -0.3 is 4.74 Å². The molecule has 19 heavy (non-hydrogen) atoms. The van der Waals surface area contributed by atoms with Crippen LogP contribution in [0.4, 0.5) is 4.39 Å². The Hall–Kier alpha value is -1.43. The maximum absolute atomic E-state index is 12.7. The maximum Gasteiger partial charge on any atom is 0.174 e. The molecule has 0 saturated heterocycles. The number of carbonyl (C=O) groups is 1. The van der Waals surface area contributed by atoms with Crippen molar-refractivity contribution >= 4 is 28.4 Å². The minimum absolute atomic E-state index is 0.0252. The van der Waals surface area contributed by atoms with Crippen LogP contribution in [0.5, 0.6) is 5.75 Å². The van der Waals surface area contributed by atoms with E-state index >= 15 is 0 Å². The monoisotopic (exact) mass is 370 g/mol. The van der Waals surface area contributed by atoms with Crippen LogP contribution in [0.15, 0.2) is 48.5 Å². The minimum atomic E-state index is -0.300. The van der Waals surface area contributed by atoms with Gasteiger partial charge in [-0.3, -0.25) is 4.79 Å². The molecular formula is C15H12FIO2. The molecule has 0 atom stereocenters. The third-order valence-corrected chi connectivity index (χ3v) is 3.43. The quantitative estimate of drug-likeness (QED) is 0.752. The smallest absolute Gasteiger partial charge is 0.174 e. The van der Waals surface area contributed by atoms with Crippen molar-refractivity contribution in [2.75, 3.05) is 6.61 Å². The SMILES string of the molecule is O=C(COc1ccccc1I)Cc1ccc(F)cc1. The van der Waals surface area contributed by atoms with Crippen LogP contribution in [0.3, 0.4) is 0 Å². The average molecular weight is 370 g/mol. The molecule has 0 saturated carbocycles. The molecule has 2 aromatic rings. The van der Waals surface area contributed by atoms with Gasteiger partial charge in [-0.05, 0) is 52.4 Å². The van der Waals surface area contributed by atoms with Crippen LogP contribution in [0, 0.1) is 9.39 Å². The molecule has 0 bridgehead atoms. The number of ether oxygens (including phenoxy) is 1. The van der Waals surface area contributed by atoms with Crippen molar-refractivity contribution in [3.63, 3.8) is 0 Å². The fourth-order valence-corrected chi connectivity index (χ4v) is 2.14. The molecule has 0 aliphatic carbocycles. The van der Waals surface area contributed by atoms with Crippen LogP contribution in [-0.2, 0) is 11.2 Å². The molecule has 0 aliphatic heterocycles. The van der Waals surface area contributed by atoms with E-state index < -0.39 is 0 Å². The van der Waals surface area contributed by atoms with Gasteiger partial charge >= 0.3 is 0 Å². The first-order valence-electron chi connectivity index (χ1n) is 5.78. The van der Waals surface area contributed by atoms with E-state index in [0.717, 1.165) is 9.13 Å². The lowest BCUT2D eigenvalue weighted by Gasteiger charge is -2.07. The van der Waals surface area contributed by atoms with Crippen LogP contribution in [0.1, 0.15) is 5.56 Å². The Kier molecular flexibility index (Phi) is 4.90. The summed E-state index contributed by atoms with van der Waals surface area (Å²) in [5.74, 6) is 0.369. The van der Waals surface area contributed by atoms with E-state index in [0.29, 0.717) is 5.75 Å². The van der Waals surface area contributed by atoms with Gasteiger partial charge in [0.25, 0.3) is 0 Å². The van der Waals surface area contributed by atoms with Crippen LogP contribution < -0.4 is 4.74 Å². The molecule has 0 spiro atoms. The van der Waals surface area contributed by atoms with Crippen molar-refractivity contribution in [3.05, 3.63) is 63.5 Å². The third-order valence-electron chi connectivity index (χ3n) is 2.54. The van der Waals surface area contributed by atoms with Gasteiger partial charge in [0.15, 0.2) is 5.78 Å². The highest BCUT2D eigenvalue weighted by atomic mass is 127. The Morgan fingerprint density at radius 3 is 2.47 bits per heavy atom. The summed E-state index contributed by atoms with van der Waals surface area (Å²) in [6.07, 6.45) is 0.254. The van der Waals surface area contributed by atoms with Crippen molar-refractivity contribution in [1.29, 1.82) is 0 Å². The third kappa shape index (κ3) is 4.31. The number of para-hydroxylation sites is 1. The largest absolute Gasteiger partial charge is 0.485 e. The molecule has 98 valence electrons. The summed E-state index contributed by atoms with van der Waals surface area (Å²) in [6, 6.07) is 13.4. The second kappa shape index (κ2) is 6.65. The Morgan fingerprint density at radius 2 is 1.79 bits per heavy atom. The summed E-state index contributed by atoms with van der Waals surface area (Å²) in [6.45, 7) is 0.0252. The predicted molar refractivity (Wildman–Crippen MR) is 79.8 cm³/mol. The van der Waals surface area contributed by atoms with Crippen LogP contribution in [-0.4, -0.2) is 12.4 Å². The van der Waals surface area contributed by atoms with Gasteiger partial charge in [-0.15, -0.1) is 0 Å². The molecular weight excluding hydrogens is 358 g/mol. The lowest BCUT2D eigenvalue weighted by atomic mass is 10.1. The number of carbonyl (C=O) groups excluding carboxylic acids is 1. The van der Waals surface area contributed by atoms with Gasteiger partial charge in [0.05, 0.1) is 3.57 Å². The normalized spacial score (nSPS) is 10.2. The van der Waals surface area contributed by atoms with E-state index in [1.165, 1.54) is 12.1 Å². The van der Waals surface area contributed by atoms with E-state index in [1.54, 1.807) is 12.1 Å². The Morgan fingerprint density at radius 1 is 1.11 bits per heavy atom. The standard InChI is InChI=1S/C15H12FIO2/c16-12-7-5-11(6-8-12)9-13(18)10-19-15-4-2-1-3-14(15)17/h1-8H,9-10H2. The molecule has 0 unspecified atom stereocenters. The molecule has 0 aromatic heterocycles. The highest BCUT2D eigenvalue weighted by molar-refractivity contribution is 14.1. The highest BCUT2D eigenvalue weighted by Crippen LogP contribution is 2.19. The Bertz CT molecular complexity index is 567. The molecule has 0 heterocycles. The van der Waals surface area contributed by atoms with Crippen LogP contribution in [0.2, 0.25) is 0 Å². The first kappa shape index (κ1) is 14.0. The zero-order valence-electron chi connectivity index (χ0n) is 10.1. The molecule has 0 N–H and O–H groups in total. The van der Waals surface area contributed by atoms with Crippen molar-refractivity contribution in [2.45, 2.75) is 6.42 Å². The zero-order valence-corrected chi connectivity index (χ0v) is 12.3. The molecule has 2 nitrogen and oxygen atoms in total. The molecule has 2 rings (SSSR count). The summed E-state index contributed by atoms with van der Waals surface area (Å²) in [4.78, 5) is 11.8. The predicted octanol–water partition coefficient (Wildman–Crippen LogP) is 3.62. The van der Waals surface area contributed by atoms with Gasteiger partial charge in [0, 0.05) is 6.42 Å². The number of benzene rings is 2. The molecule has 2 aromatic carbocycles. The lowest BCUT2D eigenvalue weighted by Crippen LogP contribution is -2.14.